The van der Waals surface area contributed by atoms with Crippen LogP contribution in [0.5, 0.6) is 0 Å². The number of rotatable bonds is 4. The minimum atomic E-state index is -1.58. The summed E-state index contributed by atoms with van der Waals surface area (Å²) < 4.78 is 21.7. The summed E-state index contributed by atoms with van der Waals surface area (Å²) in [6.07, 6.45) is -5.84. The van der Waals surface area contributed by atoms with Gasteiger partial charge in [0, 0.05) is 5.92 Å². The van der Waals surface area contributed by atoms with E-state index in [1.54, 1.807) is 6.08 Å². The van der Waals surface area contributed by atoms with Crippen molar-refractivity contribution < 1.29 is 49.3 Å². The van der Waals surface area contributed by atoms with Crippen LogP contribution in [0.4, 0.5) is 0 Å². The number of carbonyl (C=O) groups excluding carboxylic acids is 1. The smallest absolute Gasteiger partial charge is 0.338 e. The van der Waals surface area contributed by atoms with Crippen LogP contribution in [0.2, 0.25) is 0 Å². The van der Waals surface area contributed by atoms with Crippen LogP contribution in [-0.4, -0.2) is 87.8 Å². The fourth-order valence-corrected chi connectivity index (χ4v) is 3.95. The fraction of sp³-hybridized carbons (Fsp3) is 0.688. The van der Waals surface area contributed by atoms with Gasteiger partial charge in [0.15, 0.2) is 6.29 Å². The predicted molar refractivity (Wildman–Crippen MR) is 79.8 cm³/mol. The number of esters is 1. The Hall–Kier alpha value is -1.53. The van der Waals surface area contributed by atoms with Crippen molar-refractivity contribution in [2.75, 3.05) is 13.2 Å². The Kier molecular flexibility index (Phi) is 4.51. The summed E-state index contributed by atoms with van der Waals surface area (Å²) in [6, 6.07) is 0. The van der Waals surface area contributed by atoms with Crippen LogP contribution in [-0.2, 0) is 23.7 Å². The maximum atomic E-state index is 11.8. The molecule has 4 aliphatic rings. The van der Waals surface area contributed by atoms with Gasteiger partial charge in [0.1, 0.15) is 30.5 Å². The number of carbonyl (C=O) groups is 1. The van der Waals surface area contributed by atoms with E-state index in [1.807, 2.05) is 0 Å². The molecule has 9 atom stereocenters. The van der Waals surface area contributed by atoms with E-state index in [4.69, 9.17) is 18.9 Å². The highest BCUT2D eigenvalue weighted by Crippen LogP contribution is 2.48. The summed E-state index contributed by atoms with van der Waals surface area (Å²) in [4.78, 5) is 11.8. The molecule has 1 aliphatic carbocycles. The fourth-order valence-electron chi connectivity index (χ4n) is 3.95. The summed E-state index contributed by atoms with van der Waals surface area (Å²) in [5, 5.41) is 48.7. The second-order valence-electron chi connectivity index (χ2n) is 6.73. The standard InChI is InChI=1S/C16H20O10/c17-2-5-1-7-10-6(14(22)24-7)4-23-15(9(5)10)26-16-13(21)12(20)11(19)8(3-18)25-16/h1,4,7-13,15-21H,2-3H2/t7-,8+,9-,10+,11+,12-,13+,15-,16-/m0/s1. The molecule has 3 aliphatic heterocycles. The molecule has 144 valence electrons. The molecule has 4 rings (SSSR count). The third-order valence-electron chi connectivity index (χ3n) is 5.31. The Bertz CT molecular complexity index is 643. The van der Waals surface area contributed by atoms with Gasteiger partial charge in [-0.1, -0.05) is 0 Å². The van der Waals surface area contributed by atoms with Crippen LogP contribution in [0.15, 0.2) is 23.5 Å². The minimum Gasteiger partial charge on any atom is -0.471 e. The average Bonchev–Trinajstić information content (AvgIpc) is 3.16. The molecule has 2 fully saturated rings. The first-order valence-electron chi connectivity index (χ1n) is 8.30. The minimum absolute atomic E-state index is 0.291. The largest absolute Gasteiger partial charge is 0.471 e. The monoisotopic (exact) mass is 372 g/mol. The second kappa shape index (κ2) is 6.57. The number of aliphatic hydroxyl groups excluding tert-OH is 5. The lowest BCUT2D eigenvalue weighted by Gasteiger charge is -2.42. The summed E-state index contributed by atoms with van der Waals surface area (Å²) in [7, 11) is 0. The molecule has 0 saturated carbocycles. The Morgan fingerprint density at radius 1 is 1.04 bits per heavy atom. The zero-order valence-electron chi connectivity index (χ0n) is 13.5. The van der Waals surface area contributed by atoms with Crippen molar-refractivity contribution in [3.05, 3.63) is 23.5 Å². The Balaban J connectivity index is 1.56. The Labute approximate surface area is 147 Å². The highest BCUT2D eigenvalue weighted by atomic mass is 16.8. The number of hydrogen-bond acceptors (Lipinski definition) is 10. The van der Waals surface area contributed by atoms with Gasteiger partial charge in [-0.15, -0.1) is 0 Å². The first-order chi connectivity index (χ1) is 12.5. The van der Waals surface area contributed by atoms with Gasteiger partial charge in [0.25, 0.3) is 0 Å². The van der Waals surface area contributed by atoms with Gasteiger partial charge in [-0.3, -0.25) is 0 Å². The molecule has 0 aromatic heterocycles. The van der Waals surface area contributed by atoms with Gasteiger partial charge < -0.3 is 44.5 Å². The quantitative estimate of drug-likeness (QED) is 0.257. The van der Waals surface area contributed by atoms with Crippen LogP contribution in [0.3, 0.4) is 0 Å². The van der Waals surface area contributed by atoms with E-state index < -0.39 is 61.6 Å². The Morgan fingerprint density at radius 3 is 2.50 bits per heavy atom. The van der Waals surface area contributed by atoms with Gasteiger partial charge in [0.2, 0.25) is 6.29 Å². The molecule has 3 heterocycles. The molecule has 0 aromatic carbocycles. The summed E-state index contributed by atoms with van der Waals surface area (Å²) in [5.74, 6) is -1.42. The van der Waals surface area contributed by atoms with Crippen LogP contribution in [0, 0.1) is 11.8 Å². The molecule has 0 aromatic rings. The molecule has 0 bridgehead atoms. The molecule has 2 saturated heterocycles. The predicted octanol–water partition coefficient (Wildman–Crippen LogP) is -2.87. The first-order valence-corrected chi connectivity index (χ1v) is 8.30. The zero-order chi connectivity index (χ0) is 18.6. The third-order valence-corrected chi connectivity index (χ3v) is 5.31. The van der Waals surface area contributed by atoms with Gasteiger partial charge in [-0.25, -0.2) is 4.79 Å². The maximum absolute atomic E-state index is 11.8. The van der Waals surface area contributed by atoms with Crippen LogP contribution >= 0.6 is 0 Å². The van der Waals surface area contributed by atoms with Crippen molar-refractivity contribution in [3.63, 3.8) is 0 Å². The molecular weight excluding hydrogens is 352 g/mol. The summed E-state index contributed by atoms with van der Waals surface area (Å²) in [6.45, 7) is -0.876. The van der Waals surface area contributed by atoms with Crippen LogP contribution in [0.1, 0.15) is 0 Å². The van der Waals surface area contributed by atoms with Crippen LogP contribution in [0.25, 0.3) is 0 Å². The molecule has 0 amide bonds. The van der Waals surface area contributed by atoms with E-state index in [2.05, 4.69) is 0 Å². The van der Waals surface area contributed by atoms with Gasteiger partial charge in [-0.2, -0.15) is 0 Å². The number of hydrogen-bond donors (Lipinski definition) is 5. The first kappa shape index (κ1) is 17.9. The molecule has 0 unspecified atom stereocenters. The van der Waals surface area contributed by atoms with Crippen molar-refractivity contribution in [2.45, 2.75) is 43.1 Å². The average molecular weight is 372 g/mol. The molecule has 10 heteroatoms. The van der Waals surface area contributed by atoms with Crippen LogP contribution < -0.4 is 0 Å². The van der Waals surface area contributed by atoms with Crippen molar-refractivity contribution in [3.8, 4) is 0 Å². The summed E-state index contributed by atoms with van der Waals surface area (Å²) >= 11 is 0. The van der Waals surface area contributed by atoms with Gasteiger partial charge in [0.05, 0.1) is 31.0 Å². The second-order valence-corrected chi connectivity index (χ2v) is 6.73. The normalized spacial score (nSPS) is 47.0. The van der Waals surface area contributed by atoms with E-state index in [0.29, 0.717) is 11.1 Å². The molecule has 10 nitrogen and oxygen atoms in total. The molecule has 5 N–H and O–H groups in total. The van der Waals surface area contributed by atoms with Gasteiger partial charge in [-0.05, 0) is 11.6 Å². The van der Waals surface area contributed by atoms with Crippen molar-refractivity contribution in [1.29, 1.82) is 0 Å². The summed E-state index contributed by atoms with van der Waals surface area (Å²) in [5.41, 5.74) is 0.904. The molecule has 26 heavy (non-hydrogen) atoms. The van der Waals surface area contributed by atoms with Crippen molar-refractivity contribution in [1.82, 2.24) is 0 Å². The lowest BCUT2D eigenvalue weighted by atomic mass is 9.84. The lowest BCUT2D eigenvalue weighted by Crippen LogP contribution is -2.60. The topological polar surface area (TPSA) is 155 Å². The lowest BCUT2D eigenvalue weighted by molar-refractivity contribution is -0.339. The van der Waals surface area contributed by atoms with E-state index in [1.165, 1.54) is 6.26 Å². The SMILES string of the molecule is O=C1O[C@H]2C=C(CO)[C@@H]3[C@H](O[C@@H]4O[C@H](CO)[C@@H](O)[C@H](O)[C@H]4O)OC=C1[C@@H]32. The Morgan fingerprint density at radius 2 is 1.81 bits per heavy atom. The maximum Gasteiger partial charge on any atom is 0.338 e. The van der Waals surface area contributed by atoms with E-state index in [0.717, 1.165) is 0 Å². The highest BCUT2D eigenvalue weighted by molar-refractivity contribution is 5.92. The van der Waals surface area contributed by atoms with E-state index in [9.17, 15) is 30.3 Å². The number of ether oxygens (including phenoxy) is 4. The zero-order valence-corrected chi connectivity index (χ0v) is 13.5. The molecule has 0 radical (unpaired) electrons. The third kappa shape index (κ3) is 2.57. The molecular formula is C16H20O10. The van der Waals surface area contributed by atoms with Gasteiger partial charge >= 0.3 is 5.97 Å². The van der Waals surface area contributed by atoms with E-state index in [-0.39, 0.29) is 12.5 Å². The van der Waals surface area contributed by atoms with Crippen molar-refractivity contribution >= 4 is 5.97 Å². The number of aliphatic hydroxyl groups is 5. The molecule has 0 spiro atoms. The van der Waals surface area contributed by atoms with E-state index >= 15 is 0 Å². The highest BCUT2D eigenvalue weighted by Gasteiger charge is 2.56. The van der Waals surface area contributed by atoms with Crippen molar-refractivity contribution in [2.24, 2.45) is 11.8 Å².